The minimum absolute atomic E-state index is 0.0380. The van der Waals surface area contributed by atoms with Gasteiger partial charge in [0, 0.05) is 6.42 Å². The molecule has 1 N–H and O–H groups in total. The first-order valence-electron chi connectivity index (χ1n) is 16.0. The first-order valence-corrected chi connectivity index (χ1v) is 18.9. The Labute approximate surface area is 277 Å². The smallest absolute Gasteiger partial charge is 0.193 e. The number of ether oxygens (including phenoxy) is 4. The molecule has 0 spiro atoms. The summed E-state index contributed by atoms with van der Waals surface area (Å²) in [5.74, 6) is 7.09. The average Bonchev–Trinajstić information content (AvgIpc) is 3.05. The first kappa shape index (κ1) is 37.2. The quantitative estimate of drug-likeness (QED) is 0.0910. The molecular formula is C39H52O6Si. The topological polar surface area (TPSA) is 66.4 Å². The van der Waals surface area contributed by atoms with Crippen molar-refractivity contribution in [3.63, 3.8) is 0 Å². The second-order valence-corrected chi connectivity index (χ2v) is 17.8. The van der Waals surface area contributed by atoms with E-state index in [9.17, 15) is 5.11 Å². The highest BCUT2D eigenvalue weighted by atomic mass is 28.4. The molecule has 3 aromatic carbocycles. The van der Waals surface area contributed by atoms with E-state index in [0.717, 1.165) is 22.4 Å². The van der Waals surface area contributed by atoms with Gasteiger partial charge in [-0.1, -0.05) is 111 Å². The molecule has 3 aromatic rings. The number of aliphatic hydroxyl groups is 1. The van der Waals surface area contributed by atoms with Crippen molar-refractivity contribution in [2.75, 3.05) is 7.11 Å². The van der Waals surface area contributed by atoms with Crippen LogP contribution in [0.4, 0.5) is 0 Å². The van der Waals surface area contributed by atoms with Gasteiger partial charge in [-0.25, -0.2) is 0 Å². The molecule has 3 rings (SSSR count). The van der Waals surface area contributed by atoms with Gasteiger partial charge in [0.05, 0.1) is 39.1 Å². The Bertz CT molecular complexity index is 1360. The number of methoxy groups -OCH3 is 1. The standard InChI is InChI=1S/C39H52O6Si/c1-9-36(43-28-31-16-12-10-13-17-31)37(45-46(7,8)39(3,4)5)25-22-34(40)26-38(44-29-32-18-14-11-15-19-32)30(2)42-27-33-20-23-35(41-6)24-21-33/h9-21,23-24,30,34,36-38,40H,1,26-29H2,2-8H3/t30-,34+,36-,37-,38+/m0/s1. The van der Waals surface area contributed by atoms with E-state index < -0.39 is 32.7 Å². The lowest BCUT2D eigenvalue weighted by Gasteiger charge is -2.39. The van der Waals surface area contributed by atoms with E-state index in [1.54, 1.807) is 13.2 Å². The molecule has 0 bridgehead atoms. The zero-order valence-corrected chi connectivity index (χ0v) is 29.6. The highest BCUT2D eigenvalue weighted by Gasteiger charge is 2.40. The molecule has 0 aliphatic heterocycles. The Kier molecular flexibility index (Phi) is 14.7. The Balaban J connectivity index is 1.77. The zero-order valence-electron chi connectivity index (χ0n) is 28.6. The van der Waals surface area contributed by atoms with Crippen molar-refractivity contribution in [2.45, 2.75) is 103 Å². The number of hydrogen-bond acceptors (Lipinski definition) is 6. The van der Waals surface area contributed by atoms with Crippen LogP contribution in [0.15, 0.2) is 97.6 Å². The van der Waals surface area contributed by atoms with E-state index in [1.165, 1.54) is 0 Å². The fourth-order valence-electron chi connectivity index (χ4n) is 4.41. The molecule has 0 fully saturated rings. The van der Waals surface area contributed by atoms with Crippen LogP contribution in [0.5, 0.6) is 5.75 Å². The zero-order chi connectivity index (χ0) is 33.6. The van der Waals surface area contributed by atoms with Crippen molar-refractivity contribution in [1.82, 2.24) is 0 Å². The largest absolute Gasteiger partial charge is 0.497 e. The second kappa shape index (κ2) is 18.2. The summed E-state index contributed by atoms with van der Waals surface area (Å²) in [5.41, 5.74) is 3.12. The van der Waals surface area contributed by atoms with Crippen LogP contribution in [0, 0.1) is 11.8 Å². The van der Waals surface area contributed by atoms with Crippen molar-refractivity contribution in [2.24, 2.45) is 0 Å². The van der Waals surface area contributed by atoms with Gasteiger partial charge in [-0.2, -0.15) is 0 Å². The number of hydrogen-bond donors (Lipinski definition) is 1. The lowest BCUT2D eigenvalue weighted by atomic mass is 10.1. The fraction of sp³-hybridized carbons (Fsp3) is 0.436. The Morgan fingerprint density at radius 3 is 1.83 bits per heavy atom. The van der Waals surface area contributed by atoms with Gasteiger partial charge >= 0.3 is 0 Å². The van der Waals surface area contributed by atoms with Crippen LogP contribution in [-0.2, 0) is 38.5 Å². The van der Waals surface area contributed by atoms with Crippen LogP contribution < -0.4 is 4.74 Å². The molecule has 46 heavy (non-hydrogen) atoms. The summed E-state index contributed by atoms with van der Waals surface area (Å²) in [6.07, 6.45) is -0.764. The molecule has 0 aliphatic carbocycles. The van der Waals surface area contributed by atoms with Gasteiger partial charge in [0.15, 0.2) is 8.32 Å². The molecule has 0 amide bonds. The van der Waals surface area contributed by atoms with Gasteiger partial charge in [-0.05, 0) is 53.9 Å². The normalized spacial score (nSPS) is 15.1. The van der Waals surface area contributed by atoms with Crippen LogP contribution >= 0.6 is 0 Å². The maximum Gasteiger partial charge on any atom is 0.193 e. The third kappa shape index (κ3) is 12.2. The summed E-state index contributed by atoms with van der Waals surface area (Å²) in [4.78, 5) is 0. The third-order valence-corrected chi connectivity index (χ3v) is 12.8. The van der Waals surface area contributed by atoms with Crippen LogP contribution in [0.25, 0.3) is 0 Å². The predicted molar refractivity (Wildman–Crippen MR) is 188 cm³/mol. The molecule has 6 nitrogen and oxygen atoms in total. The average molecular weight is 645 g/mol. The monoisotopic (exact) mass is 644 g/mol. The van der Waals surface area contributed by atoms with E-state index in [0.29, 0.717) is 19.8 Å². The fourth-order valence-corrected chi connectivity index (χ4v) is 5.59. The highest BCUT2D eigenvalue weighted by molar-refractivity contribution is 6.74. The Hall–Kier alpha value is -3.22. The molecule has 5 atom stereocenters. The lowest BCUT2D eigenvalue weighted by Crippen LogP contribution is -2.47. The minimum Gasteiger partial charge on any atom is -0.497 e. The van der Waals surface area contributed by atoms with Crippen molar-refractivity contribution in [3.05, 3.63) is 114 Å². The Morgan fingerprint density at radius 2 is 1.30 bits per heavy atom. The Morgan fingerprint density at radius 1 is 0.783 bits per heavy atom. The summed E-state index contributed by atoms with van der Waals surface area (Å²) in [7, 11) is -0.595. The van der Waals surface area contributed by atoms with Crippen LogP contribution in [0.3, 0.4) is 0 Å². The van der Waals surface area contributed by atoms with Crippen molar-refractivity contribution >= 4 is 8.32 Å². The molecule has 0 radical (unpaired) electrons. The molecule has 0 saturated heterocycles. The van der Waals surface area contributed by atoms with Gasteiger partial charge in [-0.15, -0.1) is 6.58 Å². The number of rotatable bonds is 17. The number of aliphatic hydroxyl groups excluding tert-OH is 1. The third-order valence-electron chi connectivity index (χ3n) is 8.39. The summed E-state index contributed by atoms with van der Waals surface area (Å²) in [6.45, 7) is 18.1. The van der Waals surface area contributed by atoms with E-state index in [2.05, 4.69) is 52.3 Å². The van der Waals surface area contributed by atoms with Crippen molar-refractivity contribution < 1.29 is 28.5 Å². The highest BCUT2D eigenvalue weighted by Crippen LogP contribution is 2.38. The molecule has 0 unspecified atom stereocenters. The summed E-state index contributed by atoms with van der Waals surface area (Å²) >= 11 is 0. The van der Waals surface area contributed by atoms with Gasteiger partial charge in [0.1, 0.15) is 24.1 Å². The van der Waals surface area contributed by atoms with Gasteiger partial charge in [0.2, 0.25) is 0 Å². The predicted octanol–water partition coefficient (Wildman–Crippen LogP) is 8.10. The summed E-state index contributed by atoms with van der Waals surface area (Å²) in [5, 5.41) is 11.2. The lowest BCUT2D eigenvalue weighted by molar-refractivity contribution is -0.0889. The molecule has 0 heterocycles. The van der Waals surface area contributed by atoms with Gasteiger partial charge < -0.3 is 28.5 Å². The van der Waals surface area contributed by atoms with Crippen LogP contribution in [0.2, 0.25) is 18.1 Å². The number of benzene rings is 3. The summed E-state index contributed by atoms with van der Waals surface area (Å²) < 4.78 is 30.9. The van der Waals surface area contributed by atoms with E-state index in [-0.39, 0.29) is 17.6 Å². The van der Waals surface area contributed by atoms with Gasteiger partial charge in [0.25, 0.3) is 0 Å². The van der Waals surface area contributed by atoms with Crippen LogP contribution in [0.1, 0.15) is 50.8 Å². The molecular weight excluding hydrogens is 593 g/mol. The van der Waals surface area contributed by atoms with E-state index >= 15 is 0 Å². The minimum atomic E-state index is -2.24. The maximum atomic E-state index is 11.2. The molecule has 248 valence electrons. The second-order valence-electron chi connectivity index (χ2n) is 13.0. The molecule has 0 aromatic heterocycles. The molecule has 0 saturated carbocycles. The molecule has 0 aliphatic rings. The van der Waals surface area contributed by atoms with E-state index in [4.69, 9.17) is 23.4 Å². The molecule has 7 heteroatoms. The van der Waals surface area contributed by atoms with Crippen LogP contribution in [-0.4, -0.2) is 51.1 Å². The van der Waals surface area contributed by atoms with Crippen molar-refractivity contribution in [3.8, 4) is 17.6 Å². The van der Waals surface area contributed by atoms with Gasteiger partial charge in [-0.3, -0.25) is 0 Å². The summed E-state index contributed by atoms with van der Waals surface area (Å²) in [6, 6.07) is 27.7. The SMILES string of the molecule is C=C[C@H](OCc1ccccc1)[C@H](C#C[C@@H](O)C[C@@H](OCc1ccccc1)[C@H](C)OCc1ccc(OC)cc1)O[Si](C)(C)C(C)(C)C. The van der Waals surface area contributed by atoms with E-state index in [1.807, 2.05) is 91.9 Å². The maximum absolute atomic E-state index is 11.2. The first-order chi connectivity index (χ1) is 21.9. The van der Waals surface area contributed by atoms with Crippen molar-refractivity contribution in [1.29, 1.82) is 0 Å².